The topological polar surface area (TPSA) is 90.6 Å². The Bertz CT molecular complexity index is 1480. The maximum absolute atomic E-state index is 6.11. The Hall–Kier alpha value is -4.27. The quantitative estimate of drug-likeness (QED) is 0.365. The van der Waals surface area contributed by atoms with Gasteiger partial charge in [-0.3, -0.25) is 4.98 Å². The zero-order chi connectivity index (χ0) is 23.6. The van der Waals surface area contributed by atoms with Gasteiger partial charge in [-0.25, -0.2) is 4.98 Å². The van der Waals surface area contributed by atoms with Crippen LogP contribution in [0, 0.1) is 0 Å². The maximum Gasteiger partial charge on any atom is 0.192 e. The molecule has 0 saturated carbocycles. The van der Waals surface area contributed by atoms with Gasteiger partial charge in [0.15, 0.2) is 11.5 Å². The van der Waals surface area contributed by atoms with Gasteiger partial charge in [-0.1, -0.05) is 0 Å². The SMILES string of the molecule is COc1ccc2c(OCc3nnc4ccc(-c5ccc(N6CCCCC6)nc5)nn34)ccnc2c1. The first-order chi connectivity index (χ1) is 17.3. The van der Waals surface area contributed by atoms with Crippen LogP contribution in [0.4, 0.5) is 5.82 Å². The van der Waals surface area contributed by atoms with Crippen LogP contribution in [-0.4, -0.2) is 50.0 Å². The molecule has 176 valence electrons. The smallest absolute Gasteiger partial charge is 0.192 e. The predicted molar refractivity (Wildman–Crippen MR) is 133 cm³/mol. The van der Waals surface area contributed by atoms with E-state index in [2.05, 4.69) is 32.2 Å². The van der Waals surface area contributed by atoms with Gasteiger partial charge in [0.25, 0.3) is 0 Å². The van der Waals surface area contributed by atoms with Gasteiger partial charge in [-0.05, 0) is 61.7 Å². The van der Waals surface area contributed by atoms with Crippen molar-refractivity contribution in [3.05, 3.63) is 66.7 Å². The van der Waals surface area contributed by atoms with Gasteiger partial charge >= 0.3 is 0 Å². The summed E-state index contributed by atoms with van der Waals surface area (Å²) < 4.78 is 13.1. The van der Waals surface area contributed by atoms with Crippen LogP contribution in [0.15, 0.2) is 60.9 Å². The second kappa shape index (κ2) is 9.17. The molecule has 0 radical (unpaired) electrons. The Morgan fingerprint density at radius 3 is 2.66 bits per heavy atom. The van der Waals surface area contributed by atoms with Crippen molar-refractivity contribution in [2.24, 2.45) is 0 Å². The lowest BCUT2D eigenvalue weighted by atomic mass is 10.1. The van der Waals surface area contributed by atoms with Crippen LogP contribution >= 0.6 is 0 Å². The Labute approximate surface area is 202 Å². The van der Waals surface area contributed by atoms with Crippen molar-refractivity contribution < 1.29 is 9.47 Å². The fourth-order valence-corrected chi connectivity index (χ4v) is 4.42. The van der Waals surface area contributed by atoms with Crippen molar-refractivity contribution in [3.63, 3.8) is 0 Å². The molecule has 1 saturated heterocycles. The van der Waals surface area contributed by atoms with E-state index >= 15 is 0 Å². The number of piperidine rings is 1. The van der Waals surface area contributed by atoms with Crippen LogP contribution in [0.3, 0.4) is 0 Å². The molecule has 0 N–H and O–H groups in total. The molecule has 0 amide bonds. The molecular weight excluding hydrogens is 442 g/mol. The van der Waals surface area contributed by atoms with E-state index in [1.807, 2.05) is 42.6 Å². The number of ether oxygens (including phenoxy) is 2. The molecule has 1 aliphatic heterocycles. The highest BCUT2D eigenvalue weighted by molar-refractivity contribution is 5.85. The Kier molecular flexibility index (Phi) is 5.57. The van der Waals surface area contributed by atoms with E-state index < -0.39 is 0 Å². The molecule has 35 heavy (non-hydrogen) atoms. The summed E-state index contributed by atoms with van der Waals surface area (Å²) in [4.78, 5) is 11.4. The summed E-state index contributed by atoms with van der Waals surface area (Å²) in [5, 5.41) is 14.2. The van der Waals surface area contributed by atoms with E-state index in [0.717, 1.165) is 46.8 Å². The van der Waals surface area contributed by atoms with Crippen molar-refractivity contribution in [3.8, 4) is 22.8 Å². The summed E-state index contributed by atoms with van der Waals surface area (Å²) >= 11 is 0. The lowest BCUT2D eigenvalue weighted by Gasteiger charge is -2.27. The van der Waals surface area contributed by atoms with Crippen LogP contribution in [0.25, 0.3) is 27.8 Å². The van der Waals surface area contributed by atoms with Crippen molar-refractivity contribution in [1.82, 2.24) is 29.8 Å². The third-order valence-electron chi connectivity index (χ3n) is 6.32. The summed E-state index contributed by atoms with van der Waals surface area (Å²) in [6.07, 6.45) is 7.36. The van der Waals surface area contributed by atoms with Crippen molar-refractivity contribution in [2.45, 2.75) is 25.9 Å². The maximum atomic E-state index is 6.11. The molecule has 9 heteroatoms. The van der Waals surface area contributed by atoms with E-state index in [1.165, 1.54) is 19.3 Å². The molecule has 5 heterocycles. The molecule has 1 aliphatic rings. The first-order valence-electron chi connectivity index (χ1n) is 11.8. The summed E-state index contributed by atoms with van der Waals surface area (Å²) in [5.74, 6) is 3.09. The molecule has 1 fully saturated rings. The number of fused-ring (bicyclic) bond motifs is 2. The highest BCUT2D eigenvalue weighted by Gasteiger charge is 2.14. The van der Waals surface area contributed by atoms with Crippen LogP contribution < -0.4 is 14.4 Å². The molecule has 0 aliphatic carbocycles. The number of hydrogen-bond donors (Lipinski definition) is 0. The number of methoxy groups -OCH3 is 1. The van der Waals surface area contributed by atoms with Gasteiger partial charge in [0, 0.05) is 42.5 Å². The number of pyridine rings is 2. The monoisotopic (exact) mass is 467 g/mol. The summed E-state index contributed by atoms with van der Waals surface area (Å²) in [6.45, 7) is 2.36. The number of hydrogen-bond acceptors (Lipinski definition) is 8. The largest absolute Gasteiger partial charge is 0.497 e. The predicted octanol–water partition coefficient (Wildman–Crippen LogP) is 4.31. The first-order valence-corrected chi connectivity index (χ1v) is 11.8. The van der Waals surface area contributed by atoms with E-state index in [-0.39, 0.29) is 6.61 Å². The van der Waals surface area contributed by atoms with Gasteiger partial charge < -0.3 is 14.4 Å². The number of anilines is 1. The van der Waals surface area contributed by atoms with Gasteiger partial charge in [0.2, 0.25) is 0 Å². The molecule has 0 bridgehead atoms. The van der Waals surface area contributed by atoms with Crippen LogP contribution in [0.1, 0.15) is 25.1 Å². The number of benzene rings is 1. The van der Waals surface area contributed by atoms with Gasteiger partial charge in [-0.15, -0.1) is 10.2 Å². The summed E-state index contributed by atoms with van der Waals surface area (Å²) in [5.41, 5.74) is 3.21. The minimum Gasteiger partial charge on any atom is -0.497 e. The third-order valence-corrected chi connectivity index (χ3v) is 6.32. The molecule has 5 aromatic rings. The molecule has 0 spiro atoms. The van der Waals surface area contributed by atoms with E-state index in [9.17, 15) is 0 Å². The van der Waals surface area contributed by atoms with Crippen LogP contribution in [-0.2, 0) is 6.61 Å². The summed E-state index contributed by atoms with van der Waals surface area (Å²) in [6, 6.07) is 15.5. The molecule has 4 aromatic heterocycles. The minimum absolute atomic E-state index is 0.217. The third kappa shape index (κ3) is 4.21. The second-order valence-corrected chi connectivity index (χ2v) is 8.54. The first kappa shape index (κ1) is 21.3. The molecule has 9 nitrogen and oxygen atoms in total. The second-order valence-electron chi connectivity index (χ2n) is 8.54. The molecular formula is C26H25N7O2. The Morgan fingerprint density at radius 1 is 0.914 bits per heavy atom. The lowest BCUT2D eigenvalue weighted by molar-refractivity contribution is 0.296. The van der Waals surface area contributed by atoms with E-state index in [4.69, 9.17) is 19.6 Å². The highest BCUT2D eigenvalue weighted by atomic mass is 16.5. The average molecular weight is 468 g/mol. The van der Waals surface area contributed by atoms with Crippen LogP contribution in [0.2, 0.25) is 0 Å². The number of rotatable bonds is 6. The molecule has 6 rings (SSSR count). The van der Waals surface area contributed by atoms with Crippen molar-refractivity contribution in [2.75, 3.05) is 25.1 Å². The molecule has 0 unspecified atom stereocenters. The number of aromatic nitrogens is 6. The lowest BCUT2D eigenvalue weighted by Crippen LogP contribution is -2.29. The van der Waals surface area contributed by atoms with Crippen LogP contribution in [0.5, 0.6) is 11.5 Å². The zero-order valence-corrected chi connectivity index (χ0v) is 19.5. The average Bonchev–Trinajstić information content (AvgIpc) is 3.34. The van der Waals surface area contributed by atoms with E-state index in [1.54, 1.807) is 17.8 Å². The Morgan fingerprint density at radius 2 is 1.83 bits per heavy atom. The normalized spacial score (nSPS) is 13.9. The Balaban J connectivity index is 1.24. The van der Waals surface area contributed by atoms with Gasteiger partial charge in [-0.2, -0.15) is 9.61 Å². The fraction of sp³-hybridized carbons (Fsp3) is 0.269. The minimum atomic E-state index is 0.217. The zero-order valence-electron chi connectivity index (χ0n) is 19.5. The molecule has 0 atom stereocenters. The number of nitrogens with zero attached hydrogens (tertiary/aromatic N) is 7. The van der Waals surface area contributed by atoms with Crippen molar-refractivity contribution in [1.29, 1.82) is 0 Å². The van der Waals surface area contributed by atoms with E-state index in [0.29, 0.717) is 17.2 Å². The molecule has 1 aromatic carbocycles. The van der Waals surface area contributed by atoms with Crippen molar-refractivity contribution >= 4 is 22.4 Å². The highest BCUT2D eigenvalue weighted by Crippen LogP contribution is 2.28. The van der Waals surface area contributed by atoms with Gasteiger partial charge in [0.1, 0.15) is 23.9 Å². The standard InChI is InChI=1S/C26H25N7O2/c1-34-19-6-7-20-22(15-19)27-12-11-23(20)35-17-26-30-29-25-10-8-21(31-33(25)26)18-5-9-24(28-16-18)32-13-3-2-4-14-32/h5-12,15-16H,2-4,13-14,17H2,1H3. The summed E-state index contributed by atoms with van der Waals surface area (Å²) in [7, 11) is 1.64. The van der Waals surface area contributed by atoms with Gasteiger partial charge in [0.05, 0.1) is 18.3 Å². The fourth-order valence-electron chi connectivity index (χ4n) is 4.42.